The highest BCUT2D eigenvalue weighted by atomic mass is 32.2. The molecule has 0 aliphatic carbocycles. The van der Waals surface area contributed by atoms with Crippen molar-refractivity contribution in [1.82, 2.24) is 14.2 Å². The first-order valence-electron chi connectivity index (χ1n) is 9.98. The molecule has 0 bridgehead atoms. The number of hydrogen-bond donors (Lipinski definition) is 0. The van der Waals surface area contributed by atoms with E-state index in [2.05, 4.69) is 4.98 Å². The van der Waals surface area contributed by atoms with Crippen molar-refractivity contribution in [3.05, 3.63) is 95.6 Å². The van der Waals surface area contributed by atoms with E-state index in [1.165, 1.54) is 28.6 Å². The van der Waals surface area contributed by atoms with Crippen LogP contribution in [0.4, 0.5) is 4.39 Å². The molecule has 0 N–H and O–H groups in total. The van der Waals surface area contributed by atoms with Crippen molar-refractivity contribution in [3.8, 4) is 0 Å². The highest BCUT2D eigenvalue weighted by Gasteiger charge is 2.57. The van der Waals surface area contributed by atoms with Gasteiger partial charge in [-0.1, -0.05) is 24.3 Å². The number of nitrogens with zero attached hydrogens (tertiary/aromatic N) is 3. The van der Waals surface area contributed by atoms with Crippen molar-refractivity contribution in [3.63, 3.8) is 0 Å². The smallest absolute Gasteiger partial charge is 0.253 e. The van der Waals surface area contributed by atoms with Gasteiger partial charge in [0.05, 0.1) is 10.4 Å². The average Bonchev–Trinajstić information content (AvgIpc) is 3.30. The van der Waals surface area contributed by atoms with Crippen molar-refractivity contribution < 1.29 is 17.6 Å². The van der Waals surface area contributed by atoms with E-state index in [9.17, 15) is 17.6 Å². The molecule has 2 aliphatic heterocycles. The summed E-state index contributed by atoms with van der Waals surface area (Å²) in [5.41, 5.74) is 1.03. The maximum atomic E-state index is 13.5. The van der Waals surface area contributed by atoms with Crippen LogP contribution < -0.4 is 0 Å². The summed E-state index contributed by atoms with van der Waals surface area (Å²) < 4.78 is 41.8. The van der Waals surface area contributed by atoms with Gasteiger partial charge >= 0.3 is 0 Å². The first-order chi connectivity index (χ1) is 14.9. The van der Waals surface area contributed by atoms with Crippen LogP contribution in [0.25, 0.3) is 0 Å². The Morgan fingerprint density at radius 3 is 2.58 bits per heavy atom. The van der Waals surface area contributed by atoms with E-state index >= 15 is 0 Å². The number of hydrogen-bond acceptors (Lipinski definition) is 4. The standard InChI is InChI=1S/C23H20FN3O3S/c24-19-9-7-18(8-10-19)22(28)26-13-11-23(16-26)20-5-1-2-6-21(20)31(29,30)27(23)15-17-4-3-12-25-14-17/h1-10,12,14H,11,13,15-16H2. The lowest BCUT2D eigenvalue weighted by Crippen LogP contribution is -2.46. The molecule has 0 saturated carbocycles. The van der Waals surface area contributed by atoms with Crippen LogP contribution in [0.5, 0.6) is 0 Å². The molecule has 2 aromatic carbocycles. The predicted molar refractivity (Wildman–Crippen MR) is 112 cm³/mol. The summed E-state index contributed by atoms with van der Waals surface area (Å²) in [5, 5.41) is 0. The number of halogens is 1. The van der Waals surface area contributed by atoms with Gasteiger partial charge in [0.2, 0.25) is 10.0 Å². The summed E-state index contributed by atoms with van der Waals surface area (Å²) in [7, 11) is -3.74. The fourth-order valence-electron chi connectivity index (χ4n) is 4.62. The molecule has 5 rings (SSSR count). The van der Waals surface area contributed by atoms with Crippen LogP contribution in [-0.4, -0.2) is 41.6 Å². The number of aromatic nitrogens is 1. The number of rotatable bonds is 3. The van der Waals surface area contributed by atoms with E-state index in [1.807, 2.05) is 18.2 Å². The maximum Gasteiger partial charge on any atom is 0.253 e. The van der Waals surface area contributed by atoms with Crippen LogP contribution in [-0.2, 0) is 22.1 Å². The Labute approximate surface area is 180 Å². The van der Waals surface area contributed by atoms with E-state index in [1.54, 1.807) is 35.5 Å². The van der Waals surface area contributed by atoms with Gasteiger partial charge in [0, 0.05) is 37.6 Å². The normalized spacial score (nSPS) is 22.0. The molecule has 1 saturated heterocycles. The molecule has 3 heterocycles. The summed E-state index contributed by atoms with van der Waals surface area (Å²) in [6, 6.07) is 16.0. The number of fused-ring (bicyclic) bond motifs is 2. The molecule has 1 atom stereocenters. The minimum absolute atomic E-state index is 0.170. The van der Waals surface area contributed by atoms with Crippen LogP contribution in [0.15, 0.2) is 78.0 Å². The summed E-state index contributed by atoms with van der Waals surface area (Å²) in [5.74, 6) is -0.645. The van der Waals surface area contributed by atoms with Crippen molar-refractivity contribution >= 4 is 15.9 Å². The third-order valence-corrected chi connectivity index (χ3v) is 8.08. The van der Waals surface area contributed by atoms with E-state index in [-0.39, 0.29) is 23.9 Å². The third-order valence-electron chi connectivity index (χ3n) is 6.11. The van der Waals surface area contributed by atoms with E-state index in [4.69, 9.17) is 0 Å². The number of amides is 1. The third kappa shape index (κ3) is 3.14. The molecule has 1 fully saturated rings. The molecule has 158 valence electrons. The molecule has 3 aromatic rings. The first-order valence-corrected chi connectivity index (χ1v) is 11.4. The van der Waals surface area contributed by atoms with Crippen LogP contribution in [0.2, 0.25) is 0 Å². The molecule has 1 unspecified atom stereocenters. The molecule has 1 spiro atoms. The molecule has 1 amide bonds. The zero-order valence-electron chi connectivity index (χ0n) is 16.6. The molecular weight excluding hydrogens is 417 g/mol. The van der Waals surface area contributed by atoms with Gasteiger partial charge in [-0.25, -0.2) is 12.8 Å². The van der Waals surface area contributed by atoms with Gasteiger partial charge in [0.25, 0.3) is 5.91 Å². The second kappa shape index (κ2) is 7.25. The van der Waals surface area contributed by atoms with Crippen molar-refractivity contribution in [1.29, 1.82) is 0 Å². The van der Waals surface area contributed by atoms with Gasteiger partial charge in [-0.15, -0.1) is 0 Å². The highest BCUT2D eigenvalue weighted by Crippen LogP contribution is 2.50. The zero-order valence-corrected chi connectivity index (χ0v) is 17.4. The minimum Gasteiger partial charge on any atom is -0.336 e. The number of likely N-dealkylation sites (tertiary alicyclic amines) is 1. The Hall–Kier alpha value is -3.10. The summed E-state index contributed by atoms with van der Waals surface area (Å²) >= 11 is 0. The second-order valence-corrected chi connectivity index (χ2v) is 9.72. The number of carbonyl (C=O) groups excluding carboxylic acids is 1. The number of benzene rings is 2. The minimum atomic E-state index is -3.74. The lowest BCUT2D eigenvalue weighted by molar-refractivity contribution is 0.0762. The second-order valence-electron chi connectivity index (χ2n) is 7.88. The Kier molecular flexibility index (Phi) is 4.64. The van der Waals surface area contributed by atoms with Gasteiger partial charge in [-0.05, 0) is 53.9 Å². The molecule has 0 radical (unpaired) electrons. The zero-order chi connectivity index (χ0) is 21.6. The van der Waals surface area contributed by atoms with E-state index in [0.29, 0.717) is 24.1 Å². The van der Waals surface area contributed by atoms with Crippen LogP contribution in [0.3, 0.4) is 0 Å². The Morgan fingerprint density at radius 1 is 1.06 bits per heavy atom. The average molecular weight is 437 g/mol. The Balaban J connectivity index is 1.55. The predicted octanol–water partition coefficient (Wildman–Crippen LogP) is 3.17. The van der Waals surface area contributed by atoms with Crippen LogP contribution in [0.1, 0.15) is 27.9 Å². The topological polar surface area (TPSA) is 70.6 Å². The Morgan fingerprint density at radius 2 is 1.84 bits per heavy atom. The van der Waals surface area contributed by atoms with Gasteiger partial charge < -0.3 is 4.90 Å². The summed E-state index contributed by atoms with van der Waals surface area (Å²) in [4.78, 5) is 19.1. The summed E-state index contributed by atoms with van der Waals surface area (Å²) in [6.45, 7) is 0.812. The van der Waals surface area contributed by atoms with Gasteiger partial charge in [0.15, 0.2) is 0 Å². The van der Waals surface area contributed by atoms with E-state index < -0.39 is 21.4 Å². The monoisotopic (exact) mass is 437 g/mol. The molecule has 2 aliphatic rings. The maximum absolute atomic E-state index is 13.5. The molecule has 31 heavy (non-hydrogen) atoms. The SMILES string of the molecule is O=C(c1ccc(F)cc1)N1CCC2(C1)c1ccccc1S(=O)(=O)N2Cc1cccnc1. The van der Waals surface area contributed by atoms with E-state index in [0.717, 1.165) is 5.56 Å². The molecule has 6 nitrogen and oxygen atoms in total. The van der Waals surface area contributed by atoms with Gasteiger partial charge in [-0.2, -0.15) is 4.31 Å². The fraction of sp³-hybridized carbons (Fsp3) is 0.217. The van der Waals surface area contributed by atoms with Gasteiger partial charge in [-0.3, -0.25) is 9.78 Å². The van der Waals surface area contributed by atoms with Crippen LogP contribution in [0, 0.1) is 5.82 Å². The Bertz CT molecular complexity index is 1250. The lowest BCUT2D eigenvalue weighted by Gasteiger charge is -2.34. The van der Waals surface area contributed by atoms with Crippen molar-refractivity contribution in [2.24, 2.45) is 0 Å². The quantitative estimate of drug-likeness (QED) is 0.631. The van der Waals surface area contributed by atoms with Crippen molar-refractivity contribution in [2.75, 3.05) is 13.1 Å². The fourth-order valence-corrected chi connectivity index (χ4v) is 6.67. The lowest BCUT2D eigenvalue weighted by atomic mass is 9.88. The largest absolute Gasteiger partial charge is 0.336 e. The van der Waals surface area contributed by atoms with Crippen molar-refractivity contribution in [2.45, 2.75) is 23.4 Å². The highest BCUT2D eigenvalue weighted by molar-refractivity contribution is 7.89. The number of carbonyl (C=O) groups is 1. The van der Waals surface area contributed by atoms with Crippen LogP contribution >= 0.6 is 0 Å². The number of sulfonamides is 1. The molecular formula is C23H20FN3O3S. The number of pyridine rings is 1. The molecule has 1 aromatic heterocycles. The molecule has 8 heteroatoms. The van der Waals surface area contributed by atoms with Gasteiger partial charge in [0.1, 0.15) is 5.82 Å². The summed E-state index contributed by atoms with van der Waals surface area (Å²) in [6.07, 6.45) is 3.78. The first kappa shape index (κ1) is 19.8.